The van der Waals surface area contributed by atoms with E-state index in [4.69, 9.17) is 14.0 Å². The highest BCUT2D eigenvalue weighted by atomic mass is 32.2. The molecule has 0 aliphatic carbocycles. The number of benzene rings is 1. The molecule has 1 saturated heterocycles. The molecule has 0 atom stereocenters. The van der Waals surface area contributed by atoms with Crippen molar-refractivity contribution < 1.29 is 27.3 Å². The highest BCUT2D eigenvalue weighted by Crippen LogP contribution is 2.38. The maximum Gasteiger partial charge on any atom is 0.495 e. The molecule has 8 nitrogen and oxygen atoms in total. The van der Waals surface area contributed by atoms with E-state index >= 15 is 0 Å². The maximum atomic E-state index is 12.6. The van der Waals surface area contributed by atoms with Crippen LogP contribution in [0.5, 0.6) is 0 Å². The fraction of sp³-hybridized carbons (Fsp3) is 0.650. The van der Waals surface area contributed by atoms with Crippen LogP contribution in [0, 0.1) is 0 Å². The lowest BCUT2D eigenvalue weighted by molar-refractivity contribution is 0.00578. The van der Waals surface area contributed by atoms with Crippen molar-refractivity contribution in [1.29, 1.82) is 0 Å². The first-order valence-electron chi connectivity index (χ1n) is 9.94. The Morgan fingerprint density at radius 3 is 2.20 bits per heavy atom. The van der Waals surface area contributed by atoms with Crippen molar-refractivity contribution in [2.24, 2.45) is 0 Å². The number of hydrogen-bond acceptors (Lipinski definition) is 6. The van der Waals surface area contributed by atoms with Gasteiger partial charge in [-0.05, 0) is 77.2 Å². The molecule has 0 aromatic heterocycles. The summed E-state index contributed by atoms with van der Waals surface area (Å²) in [4.78, 5) is 14.2. The second-order valence-corrected chi connectivity index (χ2v) is 11.8. The second-order valence-electron chi connectivity index (χ2n) is 10.0. The van der Waals surface area contributed by atoms with Crippen LogP contribution in [0.4, 0.5) is 10.5 Å². The summed E-state index contributed by atoms with van der Waals surface area (Å²) in [5, 5.41) is 0. The number of carbonyl (C=O) groups is 1. The van der Waals surface area contributed by atoms with Gasteiger partial charge in [-0.1, -0.05) is 0 Å². The van der Waals surface area contributed by atoms with Gasteiger partial charge in [0.2, 0.25) is 10.0 Å². The van der Waals surface area contributed by atoms with Crippen molar-refractivity contribution in [1.82, 2.24) is 4.90 Å². The minimum atomic E-state index is -3.47. The average Bonchev–Trinajstić information content (AvgIpc) is 3.01. The number of anilines is 1. The van der Waals surface area contributed by atoms with E-state index in [-0.39, 0.29) is 0 Å². The minimum Gasteiger partial charge on any atom is -0.444 e. The highest BCUT2D eigenvalue weighted by molar-refractivity contribution is 7.92. The molecule has 0 unspecified atom stereocenters. The Bertz CT molecular complexity index is 952. The van der Waals surface area contributed by atoms with Gasteiger partial charge in [0, 0.05) is 18.8 Å². The van der Waals surface area contributed by atoms with Gasteiger partial charge in [-0.2, -0.15) is 0 Å². The zero-order valence-corrected chi connectivity index (χ0v) is 19.8. The average molecular weight is 438 g/mol. The number of sulfonamides is 1. The summed E-state index contributed by atoms with van der Waals surface area (Å²) in [6, 6.07) is 3.47. The van der Waals surface area contributed by atoms with Crippen molar-refractivity contribution in [3.8, 4) is 0 Å². The van der Waals surface area contributed by atoms with E-state index < -0.39 is 40.0 Å². The van der Waals surface area contributed by atoms with E-state index in [0.29, 0.717) is 24.2 Å². The van der Waals surface area contributed by atoms with Gasteiger partial charge in [0.15, 0.2) is 0 Å². The van der Waals surface area contributed by atoms with Crippen LogP contribution in [-0.2, 0) is 37.2 Å². The molecular weight excluding hydrogens is 407 g/mol. The molecule has 2 heterocycles. The van der Waals surface area contributed by atoms with Crippen LogP contribution in [0.25, 0.3) is 0 Å². The summed E-state index contributed by atoms with van der Waals surface area (Å²) < 4.78 is 44.1. The molecule has 1 fully saturated rings. The predicted octanol–water partition coefficient (Wildman–Crippen LogP) is 2.61. The van der Waals surface area contributed by atoms with Gasteiger partial charge in [-0.15, -0.1) is 0 Å². The van der Waals surface area contributed by atoms with Crippen LogP contribution in [0.2, 0.25) is 0 Å². The Hall–Kier alpha value is -1.78. The quantitative estimate of drug-likeness (QED) is 0.730. The van der Waals surface area contributed by atoms with E-state index in [1.165, 1.54) is 0 Å². The van der Waals surface area contributed by atoms with E-state index in [9.17, 15) is 13.2 Å². The molecule has 166 valence electrons. The topological polar surface area (TPSA) is 94.2 Å². The summed E-state index contributed by atoms with van der Waals surface area (Å²) in [6.07, 6.45) is 0.679. The Labute approximate surface area is 179 Å². The van der Waals surface area contributed by atoms with E-state index in [1.807, 2.05) is 48.5 Å². The fourth-order valence-corrected chi connectivity index (χ4v) is 4.00. The first-order valence-corrected chi connectivity index (χ1v) is 11.8. The molecule has 0 bridgehead atoms. The van der Waals surface area contributed by atoms with Crippen LogP contribution in [0.15, 0.2) is 12.1 Å². The number of hydrogen-bond donors (Lipinski definition) is 1. The predicted molar refractivity (Wildman–Crippen MR) is 116 cm³/mol. The fourth-order valence-electron chi connectivity index (χ4n) is 3.45. The normalized spacial score (nSPS) is 20.3. The third-order valence-corrected chi connectivity index (χ3v) is 6.16. The summed E-state index contributed by atoms with van der Waals surface area (Å²) >= 11 is 0. The number of carbonyl (C=O) groups excluding carboxylic acids is 1. The van der Waals surface area contributed by atoms with Crippen molar-refractivity contribution >= 4 is 34.4 Å². The lowest BCUT2D eigenvalue weighted by Gasteiger charge is -2.32. The number of amides is 1. The molecule has 0 saturated carbocycles. The third-order valence-electron chi connectivity index (χ3n) is 5.55. The van der Waals surface area contributed by atoms with Crippen LogP contribution in [0.1, 0.15) is 59.6 Å². The lowest BCUT2D eigenvalue weighted by atomic mass is 9.75. The van der Waals surface area contributed by atoms with Gasteiger partial charge in [0.1, 0.15) is 5.60 Å². The number of nitrogens with zero attached hydrogens (tertiary/aromatic N) is 1. The first-order chi connectivity index (χ1) is 13.5. The summed E-state index contributed by atoms with van der Waals surface area (Å²) in [7, 11) is -4.15. The smallest absolute Gasteiger partial charge is 0.444 e. The number of fused-ring (bicyclic) bond motifs is 1. The van der Waals surface area contributed by atoms with Crippen molar-refractivity contribution in [3.63, 3.8) is 0 Å². The number of ether oxygens (including phenoxy) is 1. The Morgan fingerprint density at radius 2 is 1.70 bits per heavy atom. The largest absolute Gasteiger partial charge is 0.495 e. The standard InChI is InChI=1S/C20H31BN2O6S/c1-18(2,3)27-17(24)23-11-13-9-14(22-30(8,25)26)10-16(15(13)12-23)21-28-19(4,5)20(6,7)29-21/h9-10,22H,11-12H2,1-8H3. The molecule has 30 heavy (non-hydrogen) atoms. The van der Waals surface area contributed by atoms with Crippen molar-refractivity contribution in [3.05, 3.63) is 23.3 Å². The highest BCUT2D eigenvalue weighted by Gasteiger charge is 2.52. The first kappa shape index (κ1) is 22.9. The molecule has 0 radical (unpaired) electrons. The van der Waals surface area contributed by atoms with Crippen LogP contribution in [-0.4, -0.2) is 49.6 Å². The summed E-state index contributed by atoms with van der Waals surface area (Å²) in [6.45, 7) is 13.9. The van der Waals surface area contributed by atoms with Gasteiger partial charge in [0.05, 0.1) is 17.5 Å². The monoisotopic (exact) mass is 438 g/mol. The molecule has 1 N–H and O–H groups in total. The Balaban J connectivity index is 1.99. The molecule has 1 amide bonds. The molecule has 3 rings (SSSR count). The maximum absolute atomic E-state index is 12.6. The molecule has 2 aliphatic rings. The molecule has 1 aromatic carbocycles. The van der Waals surface area contributed by atoms with Crippen LogP contribution >= 0.6 is 0 Å². The third kappa shape index (κ3) is 4.76. The molecular formula is C20H31BN2O6S. The van der Waals surface area contributed by atoms with Crippen LogP contribution in [0.3, 0.4) is 0 Å². The minimum absolute atomic E-state index is 0.316. The zero-order valence-electron chi connectivity index (χ0n) is 19.0. The van der Waals surface area contributed by atoms with Gasteiger partial charge in [0.25, 0.3) is 0 Å². The Morgan fingerprint density at radius 1 is 1.13 bits per heavy atom. The van der Waals surface area contributed by atoms with E-state index in [2.05, 4.69) is 4.72 Å². The van der Waals surface area contributed by atoms with Gasteiger partial charge in [-0.25, -0.2) is 13.2 Å². The zero-order chi connectivity index (χ0) is 22.7. The SMILES string of the molecule is CC(C)(C)OC(=O)N1Cc2cc(NS(C)(=O)=O)cc(B3OC(C)(C)C(C)(C)O3)c2C1. The Kier molecular flexibility index (Phi) is 5.45. The second kappa shape index (κ2) is 7.14. The summed E-state index contributed by atoms with van der Waals surface area (Å²) in [5.41, 5.74) is 1.14. The van der Waals surface area contributed by atoms with Crippen LogP contribution < -0.4 is 10.2 Å². The van der Waals surface area contributed by atoms with Gasteiger partial charge < -0.3 is 14.0 Å². The van der Waals surface area contributed by atoms with E-state index in [1.54, 1.807) is 17.0 Å². The lowest BCUT2D eigenvalue weighted by Crippen LogP contribution is -2.41. The van der Waals surface area contributed by atoms with Gasteiger partial charge in [-0.3, -0.25) is 9.62 Å². The van der Waals surface area contributed by atoms with Crippen molar-refractivity contribution in [2.75, 3.05) is 11.0 Å². The van der Waals surface area contributed by atoms with Gasteiger partial charge >= 0.3 is 13.2 Å². The molecule has 1 aromatic rings. The summed E-state index contributed by atoms with van der Waals surface area (Å²) in [5.74, 6) is 0. The van der Waals surface area contributed by atoms with E-state index in [0.717, 1.165) is 17.4 Å². The van der Waals surface area contributed by atoms with Crippen molar-refractivity contribution in [2.45, 2.75) is 78.4 Å². The molecule has 2 aliphatic heterocycles. The number of nitrogens with one attached hydrogen (secondary N) is 1. The number of rotatable bonds is 3. The molecule has 0 spiro atoms. The molecule has 10 heteroatoms.